The molecule has 0 heterocycles. The van der Waals surface area contributed by atoms with Crippen LogP contribution in [-0.4, -0.2) is 12.8 Å². The first-order valence-corrected chi connectivity index (χ1v) is 0.986. The van der Waals surface area contributed by atoms with E-state index in [1.165, 1.54) is 0 Å². The number of primary amides is 2. The zero-order valence-electron chi connectivity index (χ0n) is 3.68. The first-order valence-electron chi connectivity index (χ1n) is 0.986. The van der Waals surface area contributed by atoms with Crippen LogP contribution >= 0.6 is 0 Å². The first-order chi connectivity index (χ1) is 2.83. The molecule has 4 N–H and O–H groups in total. The smallest absolute Gasteiger partial charge is 0.543 e. The summed E-state index contributed by atoms with van der Waals surface area (Å²) in [5.41, 5.74) is 8.08. The van der Waals surface area contributed by atoms with Gasteiger partial charge in [0.2, 0.25) is 0 Å². The zero-order valence-corrected chi connectivity index (χ0v) is 6.65. The number of carbonyl (C=O) groups excluding carboxylic acids is 2. The first kappa shape index (κ1) is 16.0. The van der Waals surface area contributed by atoms with E-state index in [9.17, 15) is 0 Å². The van der Waals surface area contributed by atoms with Gasteiger partial charge in [0.1, 0.15) is 0 Å². The topological polar surface area (TPSA) is 86.2 Å². The average Bonchev–Trinajstić information content (AvgIpc) is 1.39. The van der Waals surface area contributed by atoms with E-state index in [4.69, 9.17) is 9.59 Å². The number of hydrogen-bond acceptors (Lipinski definition) is 2. The SMILES string of the molecule is N[C-]=O.N[C-]=O.[Zn+2]. The van der Waals surface area contributed by atoms with Crippen LogP contribution in [0.15, 0.2) is 0 Å². The van der Waals surface area contributed by atoms with Crippen LogP contribution in [0.1, 0.15) is 0 Å². The van der Waals surface area contributed by atoms with Crippen LogP contribution in [0.3, 0.4) is 0 Å². The number of rotatable bonds is 0. The molecule has 5 heteroatoms. The molecule has 0 aromatic heterocycles. The van der Waals surface area contributed by atoms with Crippen LogP contribution in [0.5, 0.6) is 0 Å². The van der Waals surface area contributed by atoms with Crippen molar-refractivity contribution in [3.05, 3.63) is 0 Å². The largest absolute Gasteiger partial charge is 2.00 e. The molecule has 0 radical (unpaired) electrons. The molecule has 0 aliphatic heterocycles. The van der Waals surface area contributed by atoms with E-state index in [2.05, 4.69) is 11.5 Å². The van der Waals surface area contributed by atoms with E-state index < -0.39 is 0 Å². The van der Waals surface area contributed by atoms with Crippen molar-refractivity contribution in [1.29, 1.82) is 0 Å². The van der Waals surface area contributed by atoms with Gasteiger partial charge < -0.3 is 21.1 Å². The van der Waals surface area contributed by atoms with Crippen molar-refractivity contribution in [3.63, 3.8) is 0 Å². The third-order valence-corrected chi connectivity index (χ3v) is 0. The second-order valence-electron chi connectivity index (χ2n) is 0.236. The molecule has 0 aromatic carbocycles. The Morgan fingerprint density at radius 3 is 1.00 bits per heavy atom. The van der Waals surface area contributed by atoms with Crippen molar-refractivity contribution in [1.82, 2.24) is 0 Å². The van der Waals surface area contributed by atoms with Crippen molar-refractivity contribution in [2.24, 2.45) is 11.5 Å². The van der Waals surface area contributed by atoms with E-state index in [-0.39, 0.29) is 19.5 Å². The summed E-state index contributed by atoms with van der Waals surface area (Å²) >= 11 is 0. The second-order valence-corrected chi connectivity index (χ2v) is 0.236. The Morgan fingerprint density at radius 1 is 1.00 bits per heavy atom. The average molecular weight is 153 g/mol. The molecule has 0 saturated carbocycles. The Bertz CT molecular complexity index is 34.7. The van der Waals surface area contributed by atoms with Gasteiger partial charge in [-0.25, -0.2) is 0 Å². The summed E-state index contributed by atoms with van der Waals surface area (Å²) in [5, 5.41) is 0. The summed E-state index contributed by atoms with van der Waals surface area (Å²) in [5.74, 6) is 0. The van der Waals surface area contributed by atoms with Gasteiger partial charge >= 0.3 is 19.5 Å². The Kier molecular flexibility index (Phi) is 108. The van der Waals surface area contributed by atoms with E-state index in [0.29, 0.717) is 0 Å². The van der Waals surface area contributed by atoms with Crippen molar-refractivity contribution in [2.45, 2.75) is 0 Å². The molecule has 0 saturated heterocycles. The minimum absolute atomic E-state index is 0. The third kappa shape index (κ3) is 371. The number of nitrogens with two attached hydrogens (primary N) is 2. The normalized spacial score (nSPS) is 3.43. The van der Waals surface area contributed by atoms with Gasteiger partial charge in [0.15, 0.2) is 0 Å². The fourth-order valence-electron chi connectivity index (χ4n) is 0. The monoisotopic (exact) mass is 152 g/mol. The molecular weight excluding hydrogens is 149 g/mol. The zero-order chi connectivity index (χ0) is 5.41. The summed E-state index contributed by atoms with van der Waals surface area (Å²) < 4.78 is 0. The van der Waals surface area contributed by atoms with Gasteiger partial charge in [-0.1, -0.05) is 0 Å². The van der Waals surface area contributed by atoms with E-state index in [1.807, 2.05) is 0 Å². The standard InChI is InChI=1S/2CH2NO.Zn/c2*2-1-3;/h2*(H2,2,3);/q2*-1;+2. The Balaban J connectivity index is -0.0000000400. The predicted octanol–water partition coefficient (Wildman–Crippen LogP) is -1.98. The van der Waals surface area contributed by atoms with Crippen molar-refractivity contribution >= 4 is 12.8 Å². The maximum atomic E-state index is 8.46. The van der Waals surface area contributed by atoms with Crippen molar-refractivity contribution < 1.29 is 29.1 Å². The van der Waals surface area contributed by atoms with Crippen LogP contribution < -0.4 is 11.5 Å². The van der Waals surface area contributed by atoms with E-state index in [1.54, 1.807) is 0 Å². The van der Waals surface area contributed by atoms with E-state index >= 15 is 0 Å². The maximum absolute atomic E-state index is 8.46. The van der Waals surface area contributed by atoms with Crippen LogP contribution in [0, 0.1) is 0 Å². The van der Waals surface area contributed by atoms with Crippen LogP contribution in [-0.2, 0) is 29.1 Å². The van der Waals surface area contributed by atoms with Crippen molar-refractivity contribution in [3.8, 4) is 0 Å². The molecule has 2 amide bonds. The van der Waals surface area contributed by atoms with Gasteiger partial charge in [-0.15, -0.1) is 0 Å². The minimum Gasteiger partial charge on any atom is -0.543 e. The molecule has 0 aliphatic carbocycles. The Morgan fingerprint density at radius 2 is 1.00 bits per heavy atom. The van der Waals surface area contributed by atoms with Gasteiger partial charge in [-0.2, -0.15) is 12.8 Å². The summed E-state index contributed by atoms with van der Waals surface area (Å²) in [7, 11) is 0. The quantitative estimate of drug-likeness (QED) is 0.240. The number of amides is 2. The Labute approximate surface area is 54.0 Å². The van der Waals surface area contributed by atoms with Crippen LogP contribution in [0.25, 0.3) is 0 Å². The fourth-order valence-corrected chi connectivity index (χ4v) is 0. The Hall–Kier alpha value is -0.437. The van der Waals surface area contributed by atoms with Crippen LogP contribution in [0.2, 0.25) is 0 Å². The predicted molar refractivity (Wildman–Crippen MR) is 19.8 cm³/mol. The van der Waals surface area contributed by atoms with E-state index in [0.717, 1.165) is 12.8 Å². The summed E-state index contributed by atoms with van der Waals surface area (Å²) in [6.45, 7) is 0. The molecule has 4 nitrogen and oxygen atoms in total. The molecule has 0 unspecified atom stereocenters. The molecule has 0 rings (SSSR count). The van der Waals surface area contributed by atoms with Gasteiger partial charge in [0, 0.05) is 0 Å². The van der Waals surface area contributed by atoms with Gasteiger partial charge in [0.25, 0.3) is 0 Å². The molecule has 0 aliphatic rings. The summed E-state index contributed by atoms with van der Waals surface area (Å²) in [4.78, 5) is 16.9. The molecule has 7 heavy (non-hydrogen) atoms. The third-order valence-electron chi connectivity index (χ3n) is 0. The molecule has 36 valence electrons. The second kappa shape index (κ2) is 47.4. The van der Waals surface area contributed by atoms with Gasteiger partial charge in [-0.05, 0) is 0 Å². The molecule has 0 bridgehead atoms. The molecule has 0 aromatic rings. The molecule has 0 fully saturated rings. The molecule has 0 spiro atoms. The summed E-state index contributed by atoms with van der Waals surface area (Å²) in [6.07, 6.45) is 2.00. The van der Waals surface area contributed by atoms with Gasteiger partial charge in [-0.3, -0.25) is 0 Å². The summed E-state index contributed by atoms with van der Waals surface area (Å²) in [6, 6.07) is 0. The van der Waals surface area contributed by atoms with Crippen molar-refractivity contribution in [2.75, 3.05) is 0 Å². The molecule has 0 atom stereocenters. The van der Waals surface area contributed by atoms with Crippen LogP contribution in [0.4, 0.5) is 0 Å². The number of hydrogen-bond donors (Lipinski definition) is 2. The molecular formula is C2H4N2O2Zn. The maximum Gasteiger partial charge on any atom is 2.00 e. The minimum atomic E-state index is 0. The fraction of sp³-hybridized carbons (Fsp3) is 0. The van der Waals surface area contributed by atoms with Gasteiger partial charge in [0.05, 0.1) is 0 Å².